The zero-order valence-corrected chi connectivity index (χ0v) is 21.8. The van der Waals surface area contributed by atoms with E-state index in [2.05, 4.69) is 11.9 Å². The summed E-state index contributed by atoms with van der Waals surface area (Å²) in [6, 6.07) is 6.21. The SMILES string of the molecule is C=Cc1ccc(CO[C@@H]2C[C@@H](C(=O)N[C@@H](CC(C)C)C(=O)OCC)N(C(=O)OC(C)(C)C)C2)cc1. The third-order valence-electron chi connectivity index (χ3n) is 5.49. The van der Waals surface area contributed by atoms with E-state index in [4.69, 9.17) is 14.2 Å². The number of carbonyl (C=O) groups is 3. The molecule has 1 saturated heterocycles. The molecule has 1 fully saturated rings. The molecule has 1 aromatic carbocycles. The molecule has 0 spiro atoms. The van der Waals surface area contributed by atoms with Crippen LogP contribution in [0.5, 0.6) is 0 Å². The molecule has 0 unspecified atom stereocenters. The van der Waals surface area contributed by atoms with Crippen LogP contribution in [0.4, 0.5) is 4.79 Å². The lowest BCUT2D eigenvalue weighted by Gasteiger charge is -2.29. The Morgan fingerprint density at radius 3 is 2.40 bits per heavy atom. The highest BCUT2D eigenvalue weighted by Crippen LogP contribution is 2.25. The van der Waals surface area contributed by atoms with Crippen molar-refractivity contribution >= 4 is 24.0 Å². The molecule has 1 heterocycles. The van der Waals surface area contributed by atoms with Crippen molar-refractivity contribution in [3.05, 3.63) is 42.0 Å². The monoisotopic (exact) mass is 488 g/mol. The van der Waals surface area contributed by atoms with Crippen LogP contribution in [-0.2, 0) is 30.4 Å². The van der Waals surface area contributed by atoms with E-state index in [0.717, 1.165) is 11.1 Å². The first-order valence-electron chi connectivity index (χ1n) is 12.2. The number of nitrogens with zero attached hydrogens (tertiary/aromatic N) is 1. The summed E-state index contributed by atoms with van der Waals surface area (Å²) in [4.78, 5) is 40.0. The largest absolute Gasteiger partial charge is 0.464 e. The summed E-state index contributed by atoms with van der Waals surface area (Å²) >= 11 is 0. The summed E-state index contributed by atoms with van der Waals surface area (Å²) in [6.07, 6.45) is 1.56. The van der Waals surface area contributed by atoms with Crippen LogP contribution in [0, 0.1) is 5.92 Å². The highest BCUT2D eigenvalue weighted by Gasteiger charge is 2.43. The number of esters is 1. The van der Waals surface area contributed by atoms with Gasteiger partial charge < -0.3 is 19.5 Å². The molecule has 1 N–H and O–H groups in total. The normalized spacial score (nSPS) is 18.8. The molecule has 0 aromatic heterocycles. The molecule has 8 heteroatoms. The minimum absolute atomic E-state index is 0.166. The Morgan fingerprint density at radius 2 is 1.86 bits per heavy atom. The van der Waals surface area contributed by atoms with Crippen molar-refractivity contribution in [2.45, 2.75) is 84.8 Å². The second-order valence-electron chi connectivity index (χ2n) is 10.2. The van der Waals surface area contributed by atoms with Crippen LogP contribution in [-0.4, -0.2) is 59.8 Å². The highest BCUT2D eigenvalue weighted by molar-refractivity contribution is 5.90. The molecule has 0 aliphatic carbocycles. The van der Waals surface area contributed by atoms with Gasteiger partial charge in [0.15, 0.2) is 0 Å². The Hall–Kier alpha value is -2.87. The molecule has 2 rings (SSSR count). The summed E-state index contributed by atoms with van der Waals surface area (Å²) in [7, 11) is 0. The van der Waals surface area contributed by atoms with Crippen molar-refractivity contribution in [2.75, 3.05) is 13.2 Å². The summed E-state index contributed by atoms with van der Waals surface area (Å²) in [5, 5.41) is 2.80. The van der Waals surface area contributed by atoms with Gasteiger partial charge in [0, 0.05) is 6.42 Å². The smallest absolute Gasteiger partial charge is 0.411 e. The number of nitrogens with one attached hydrogen (secondary N) is 1. The van der Waals surface area contributed by atoms with Crippen LogP contribution in [0.15, 0.2) is 30.8 Å². The summed E-state index contributed by atoms with van der Waals surface area (Å²) < 4.78 is 16.8. The number of ether oxygens (including phenoxy) is 3. The third kappa shape index (κ3) is 9.02. The Kier molecular flexibility index (Phi) is 10.3. The van der Waals surface area contributed by atoms with Crippen molar-refractivity contribution in [3.8, 4) is 0 Å². The topological polar surface area (TPSA) is 94.2 Å². The lowest BCUT2D eigenvalue weighted by molar-refractivity contribution is -0.148. The van der Waals surface area contributed by atoms with Gasteiger partial charge in [-0.05, 0) is 51.2 Å². The molecular formula is C27H40N2O6. The molecule has 1 aliphatic heterocycles. The maximum Gasteiger partial charge on any atom is 0.411 e. The summed E-state index contributed by atoms with van der Waals surface area (Å²) in [6.45, 7) is 15.5. The number of rotatable bonds is 10. The number of likely N-dealkylation sites (tertiary alicyclic amines) is 1. The minimum atomic E-state index is -0.818. The molecule has 3 atom stereocenters. The van der Waals surface area contributed by atoms with Crippen LogP contribution in [0.2, 0.25) is 0 Å². The van der Waals surface area contributed by atoms with Crippen molar-refractivity contribution in [3.63, 3.8) is 0 Å². The standard InChI is InChI=1S/C27H40N2O6/c1-8-19-10-12-20(13-11-19)17-34-21-15-23(29(16-21)26(32)35-27(5,6)7)24(30)28-22(14-18(3)4)25(31)33-9-2/h8,10-13,18,21-23H,1,9,14-17H2,2-7H3,(H,28,30)/t21-,22+,23+/m1/s1. The first-order valence-corrected chi connectivity index (χ1v) is 12.2. The van der Waals surface area contributed by atoms with E-state index in [9.17, 15) is 14.4 Å². The predicted octanol–water partition coefficient (Wildman–Crippen LogP) is 4.32. The number of carbonyl (C=O) groups excluding carboxylic acids is 3. The van der Waals surface area contributed by atoms with Gasteiger partial charge in [-0.15, -0.1) is 0 Å². The second-order valence-corrected chi connectivity index (χ2v) is 10.2. The average molecular weight is 489 g/mol. The van der Waals surface area contributed by atoms with Gasteiger partial charge in [0.2, 0.25) is 5.91 Å². The van der Waals surface area contributed by atoms with Gasteiger partial charge in [0.05, 0.1) is 25.9 Å². The van der Waals surface area contributed by atoms with E-state index in [1.165, 1.54) is 4.90 Å². The molecule has 1 aliphatic rings. The summed E-state index contributed by atoms with van der Waals surface area (Å²) in [5.41, 5.74) is 1.28. The predicted molar refractivity (Wildman–Crippen MR) is 134 cm³/mol. The number of hydrogen-bond acceptors (Lipinski definition) is 6. The Morgan fingerprint density at radius 1 is 1.20 bits per heavy atom. The van der Waals surface area contributed by atoms with Crippen LogP contribution in [0.3, 0.4) is 0 Å². The number of hydrogen-bond donors (Lipinski definition) is 1. The van der Waals surface area contributed by atoms with E-state index in [0.29, 0.717) is 19.4 Å². The third-order valence-corrected chi connectivity index (χ3v) is 5.49. The molecule has 8 nitrogen and oxygen atoms in total. The van der Waals surface area contributed by atoms with Gasteiger partial charge in [-0.1, -0.05) is 50.8 Å². The molecule has 35 heavy (non-hydrogen) atoms. The van der Waals surface area contributed by atoms with Gasteiger partial charge in [0.25, 0.3) is 0 Å². The molecular weight excluding hydrogens is 448 g/mol. The molecule has 2 amide bonds. The molecule has 1 aromatic rings. The van der Waals surface area contributed by atoms with E-state index >= 15 is 0 Å². The minimum Gasteiger partial charge on any atom is -0.464 e. The van der Waals surface area contributed by atoms with Gasteiger partial charge >= 0.3 is 12.1 Å². The van der Waals surface area contributed by atoms with Gasteiger partial charge in [-0.2, -0.15) is 0 Å². The van der Waals surface area contributed by atoms with Crippen molar-refractivity contribution in [1.82, 2.24) is 10.2 Å². The maximum atomic E-state index is 13.3. The van der Waals surface area contributed by atoms with E-state index in [-0.39, 0.29) is 25.2 Å². The van der Waals surface area contributed by atoms with Crippen LogP contribution >= 0.6 is 0 Å². The molecule has 0 radical (unpaired) electrons. The van der Waals surface area contributed by atoms with Crippen molar-refractivity contribution in [1.29, 1.82) is 0 Å². The van der Waals surface area contributed by atoms with Gasteiger partial charge in [0.1, 0.15) is 17.7 Å². The zero-order chi connectivity index (χ0) is 26.2. The Labute approximate surface area is 209 Å². The summed E-state index contributed by atoms with van der Waals surface area (Å²) in [5.74, 6) is -0.734. The van der Waals surface area contributed by atoms with Crippen LogP contribution in [0.25, 0.3) is 6.08 Å². The number of benzene rings is 1. The fraction of sp³-hybridized carbons (Fsp3) is 0.593. The van der Waals surface area contributed by atoms with Gasteiger partial charge in [-0.25, -0.2) is 9.59 Å². The Bertz CT molecular complexity index is 875. The highest BCUT2D eigenvalue weighted by atomic mass is 16.6. The molecule has 0 bridgehead atoms. The van der Waals surface area contributed by atoms with Gasteiger partial charge in [-0.3, -0.25) is 9.69 Å². The lowest BCUT2D eigenvalue weighted by Crippen LogP contribution is -2.52. The quantitative estimate of drug-likeness (QED) is 0.493. The van der Waals surface area contributed by atoms with Crippen molar-refractivity contribution < 1.29 is 28.6 Å². The van der Waals surface area contributed by atoms with Crippen LogP contribution in [0.1, 0.15) is 65.5 Å². The fourth-order valence-corrected chi connectivity index (χ4v) is 3.85. The van der Waals surface area contributed by atoms with E-state index in [1.54, 1.807) is 33.8 Å². The van der Waals surface area contributed by atoms with E-state index < -0.39 is 35.7 Å². The second kappa shape index (κ2) is 12.7. The average Bonchev–Trinajstić information content (AvgIpc) is 3.21. The maximum absolute atomic E-state index is 13.3. The van der Waals surface area contributed by atoms with Crippen LogP contribution < -0.4 is 5.32 Å². The fourth-order valence-electron chi connectivity index (χ4n) is 3.85. The molecule has 194 valence electrons. The molecule has 0 saturated carbocycles. The Balaban J connectivity index is 2.14. The number of amides is 2. The zero-order valence-electron chi connectivity index (χ0n) is 21.8. The van der Waals surface area contributed by atoms with Crippen molar-refractivity contribution in [2.24, 2.45) is 5.92 Å². The van der Waals surface area contributed by atoms with E-state index in [1.807, 2.05) is 38.1 Å². The first-order chi connectivity index (χ1) is 16.4. The lowest BCUT2D eigenvalue weighted by atomic mass is 10.0. The first kappa shape index (κ1) is 28.4.